The molecule has 0 atom stereocenters. The highest BCUT2D eigenvalue weighted by atomic mass is 19.3. The predicted molar refractivity (Wildman–Crippen MR) is 97.6 cm³/mol. The van der Waals surface area contributed by atoms with Gasteiger partial charge in [0.2, 0.25) is 0 Å². The summed E-state index contributed by atoms with van der Waals surface area (Å²) in [5, 5.41) is 0. The second-order valence-corrected chi connectivity index (χ2v) is 5.88. The highest BCUT2D eigenvalue weighted by molar-refractivity contribution is 5.99. The molecular weight excluding hydrogens is 372 g/mol. The van der Waals surface area contributed by atoms with Crippen molar-refractivity contribution in [2.24, 2.45) is 0 Å². The van der Waals surface area contributed by atoms with Crippen LogP contribution in [0.2, 0.25) is 0 Å². The third-order valence-electron chi connectivity index (χ3n) is 4.09. The van der Waals surface area contributed by atoms with Crippen molar-refractivity contribution in [3.8, 4) is 11.5 Å². The largest absolute Gasteiger partial charge is 0.493 e. The number of alkyl halides is 2. The third-order valence-corrected chi connectivity index (χ3v) is 4.09. The number of halogens is 2. The molecule has 0 aromatic heterocycles. The van der Waals surface area contributed by atoms with E-state index in [0.717, 1.165) is 11.1 Å². The first kappa shape index (κ1) is 21.1. The van der Waals surface area contributed by atoms with Crippen LogP contribution >= 0.6 is 0 Å². The molecule has 0 unspecified atom stereocenters. The van der Waals surface area contributed by atoms with Crippen LogP contribution in [0.5, 0.6) is 11.5 Å². The van der Waals surface area contributed by atoms with Gasteiger partial charge < -0.3 is 19.1 Å². The second-order valence-electron chi connectivity index (χ2n) is 5.88. The zero-order valence-electron chi connectivity index (χ0n) is 15.8. The number of hydrogen-bond acceptors (Lipinski definition) is 5. The summed E-state index contributed by atoms with van der Waals surface area (Å²) in [5.41, 5.74) is 1.58. The lowest BCUT2D eigenvalue weighted by Crippen LogP contribution is -2.36. The van der Waals surface area contributed by atoms with Gasteiger partial charge in [-0.25, -0.2) is 0 Å². The summed E-state index contributed by atoms with van der Waals surface area (Å²) in [4.78, 5) is 26.2. The smallest absolute Gasteiger partial charge is 0.387 e. The van der Waals surface area contributed by atoms with Crippen molar-refractivity contribution in [3.63, 3.8) is 0 Å². The first-order valence-corrected chi connectivity index (χ1v) is 8.39. The van der Waals surface area contributed by atoms with Crippen LogP contribution in [0.15, 0.2) is 42.5 Å². The van der Waals surface area contributed by atoms with Crippen LogP contribution in [0.4, 0.5) is 8.78 Å². The average Bonchev–Trinajstić information content (AvgIpc) is 2.68. The number of methoxy groups -OCH3 is 2. The normalized spacial score (nSPS) is 10.5. The Hall–Kier alpha value is -3.16. The number of ether oxygens (including phenoxy) is 3. The lowest BCUT2D eigenvalue weighted by atomic mass is 10.1. The highest BCUT2D eigenvalue weighted by Gasteiger charge is 2.26. The van der Waals surface area contributed by atoms with Gasteiger partial charge in [-0.2, -0.15) is 8.78 Å². The van der Waals surface area contributed by atoms with Gasteiger partial charge in [0, 0.05) is 6.54 Å². The van der Waals surface area contributed by atoms with Gasteiger partial charge in [0.05, 0.1) is 19.8 Å². The summed E-state index contributed by atoms with van der Waals surface area (Å²) < 4.78 is 40.0. The van der Waals surface area contributed by atoms with E-state index in [9.17, 15) is 18.4 Å². The Morgan fingerprint density at radius 1 is 1.07 bits per heavy atom. The molecule has 2 rings (SSSR count). The fourth-order valence-electron chi connectivity index (χ4n) is 2.64. The Kier molecular flexibility index (Phi) is 7.31. The van der Waals surface area contributed by atoms with E-state index >= 15 is 0 Å². The molecule has 0 N–H and O–H groups in total. The molecule has 0 spiro atoms. The second kappa shape index (κ2) is 9.68. The first-order valence-electron chi connectivity index (χ1n) is 8.39. The van der Waals surface area contributed by atoms with Gasteiger partial charge in [0.1, 0.15) is 6.54 Å². The van der Waals surface area contributed by atoms with Crippen molar-refractivity contribution in [1.29, 1.82) is 0 Å². The molecule has 6 nitrogen and oxygen atoms in total. The van der Waals surface area contributed by atoms with E-state index in [2.05, 4.69) is 9.47 Å². The SMILES string of the molecule is COC(=O)CN(Cc1ccccc1C)C(=O)c1cccc(OC)c1OC(F)F. The molecule has 0 bridgehead atoms. The van der Waals surface area contributed by atoms with E-state index in [-0.39, 0.29) is 30.2 Å². The minimum Gasteiger partial charge on any atom is -0.493 e. The number of esters is 1. The Morgan fingerprint density at radius 2 is 1.79 bits per heavy atom. The molecule has 0 radical (unpaired) electrons. The number of nitrogens with zero attached hydrogens (tertiary/aromatic N) is 1. The Labute approximate surface area is 161 Å². The average molecular weight is 393 g/mol. The number of para-hydroxylation sites is 1. The summed E-state index contributed by atoms with van der Waals surface area (Å²) in [5.74, 6) is -1.70. The van der Waals surface area contributed by atoms with E-state index in [1.165, 1.54) is 37.3 Å². The maximum absolute atomic E-state index is 13.1. The number of benzene rings is 2. The Balaban J connectivity index is 2.44. The highest BCUT2D eigenvalue weighted by Crippen LogP contribution is 2.33. The molecular formula is C20H21F2NO5. The zero-order chi connectivity index (χ0) is 20.7. The van der Waals surface area contributed by atoms with Crippen LogP contribution in [0.3, 0.4) is 0 Å². The number of hydrogen-bond donors (Lipinski definition) is 0. The van der Waals surface area contributed by atoms with Crippen molar-refractivity contribution in [2.75, 3.05) is 20.8 Å². The standard InChI is InChI=1S/C20H21F2NO5/c1-13-7-4-5-8-14(13)11-23(12-17(24)27-3)19(25)15-9-6-10-16(26-2)18(15)28-20(21)22/h4-10,20H,11-12H2,1-3H3. The van der Waals surface area contributed by atoms with E-state index in [4.69, 9.17) is 4.74 Å². The van der Waals surface area contributed by atoms with E-state index in [1.54, 1.807) is 6.07 Å². The summed E-state index contributed by atoms with van der Waals surface area (Å²) in [7, 11) is 2.48. The van der Waals surface area contributed by atoms with Gasteiger partial charge in [-0.15, -0.1) is 0 Å². The number of carbonyl (C=O) groups excluding carboxylic acids is 2. The molecule has 0 heterocycles. The van der Waals surface area contributed by atoms with E-state index in [1.807, 2.05) is 25.1 Å². The van der Waals surface area contributed by atoms with Crippen LogP contribution < -0.4 is 9.47 Å². The predicted octanol–water partition coefficient (Wildman–Crippen LogP) is 3.42. The van der Waals surface area contributed by atoms with Crippen molar-refractivity contribution in [1.82, 2.24) is 4.90 Å². The van der Waals surface area contributed by atoms with Crippen molar-refractivity contribution >= 4 is 11.9 Å². The van der Waals surface area contributed by atoms with Crippen molar-refractivity contribution in [3.05, 3.63) is 59.2 Å². The quantitative estimate of drug-likeness (QED) is 0.643. The van der Waals surface area contributed by atoms with Gasteiger partial charge in [0.25, 0.3) is 5.91 Å². The number of rotatable bonds is 8. The van der Waals surface area contributed by atoms with Gasteiger partial charge in [-0.3, -0.25) is 9.59 Å². The maximum Gasteiger partial charge on any atom is 0.387 e. The molecule has 2 aromatic rings. The first-order chi connectivity index (χ1) is 13.4. The monoisotopic (exact) mass is 393 g/mol. The van der Waals surface area contributed by atoms with E-state index < -0.39 is 18.5 Å². The number of carbonyl (C=O) groups is 2. The van der Waals surface area contributed by atoms with E-state index in [0.29, 0.717) is 0 Å². The van der Waals surface area contributed by atoms with Crippen LogP contribution in [0.25, 0.3) is 0 Å². The van der Waals surface area contributed by atoms with Crippen LogP contribution in [0.1, 0.15) is 21.5 Å². The molecule has 2 aromatic carbocycles. The molecule has 1 amide bonds. The topological polar surface area (TPSA) is 65.1 Å². The Morgan fingerprint density at radius 3 is 2.39 bits per heavy atom. The minimum atomic E-state index is -3.15. The van der Waals surface area contributed by atoms with Crippen LogP contribution in [-0.4, -0.2) is 44.2 Å². The van der Waals surface area contributed by atoms with Crippen LogP contribution in [-0.2, 0) is 16.1 Å². The number of aryl methyl sites for hydroxylation is 1. The molecule has 0 aliphatic rings. The van der Waals surface area contributed by atoms with Gasteiger partial charge in [-0.05, 0) is 30.2 Å². The maximum atomic E-state index is 13.1. The summed E-state index contributed by atoms with van der Waals surface area (Å²) in [6.07, 6.45) is 0. The zero-order valence-corrected chi connectivity index (χ0v) is 15.8. The van der Waals surface area contributed by atoms with Crippen LogP contribution in [0, 0.1) is 6.92 Å². The molecule has 0 saturated carbocycles. The lowest BCUT2D eigenvalue weighted by Gasteiger charge is -2.24. The molecule has 0 saturated heterocycles. The molecule has 8 heteroatoms. The van der Waals surface area contributed by atoms with Gasteiger partial charge >= 0.3 is 12.6 Å². The van der Waals surface area contributed by atoms with Crippen molar-refractivity contribution < 1.29 is 32.6 Å². The van der Waals surface area contributed by atoms with Gasteiger partial charge in [0.15, 0.2) is 11.5 Å². The fourth-order valence-corrected chi connectivity index (χ4v) is 2.64. The molecule has 0 aliphatic carbocycles. The summed E-state index contributed by atoms with van der Waals surface area (Å²) >= 11 is 0. The molecule has 28 heavy (non-hydrogen) atoms. The minimum absolute atomic E-state index is 0.0138. The molecule has 0 aliphatic heterocycles. The van der Waals surface area contributed by atoms with Gasteiger partial charge in [-0.1, -0.05) is 30.3 Å². The lowest BCUT2D eigenvalue weighted by molar-refractivity contribution is -0.141. The molecule has 0 fully saturated rings. The number of amides is 1. The molecule has 150 valence electrons. The third kappa shape index (κ3) is 5.18. The van der Waals surface area contributed by atoms with Crippen molar-refractivity contribution in [2.45, 2.75) is 20.1 Å². The fraction of sp³-hybridized carbons (Fsp3) is 0.300. The Bertz CT molecular complexity index is 841. The summed E-state index contributed by atoms with van der Waals surface area (Å²) in [6.45, 7) is -1.54. The summed E-state index contributed by atoms with van der Waals surface area (Å²) in [6, 6.07) is 11.6.